The van der Waals surface area contributed by atoms with Gasteiger partial charge < -0.3 is 20.1 Å². The first kappa shape index (κ1) is 18.3. The molecule has 3 aromatic rings. The van der Waals surface area contributed by atoms with Crippen LogP contribution in [0.15, 0.2) is 78.9 Å². The van der Waals surface area contributed by atoms with E-state index >= 15 is 0 Å². The Morgan fingerprint density at radius 2 is 1.52 bits per heavy atom. The Morgan fingerprint density at radius 3 is 2.30 bits per heavy atom. The molecule has 0 saturated carbocycles. The molecule has 0 aliphatic heterocycles. The van der Waals surface area contributed by atoms with Crippen LogP contribution in [0.25, 0.3) is 0 Å². The molecule has 2 amide bonds. The van der Waals surface area contributed by atoms with Crippen molar-refractivity contribution < 1.29 is 14.3 Å². The van der Waals surface area contributed by atoms with Crippen molar-refractivity contribution in [1.29, 1.82) is 0 Å². The van der Waals surface area contributed by atoms with Crippen LogP contribution in [0.2, 0.25) is 0 Å². The van der Waals surface area contributed by atoms with E-state index in [-0.39, 0.29) is 6.03 Å². The first-order chi connectivity index (χ1) is 13.3. The Bertz CT molecular complexity index is 881. The van der Waals surface area contributed by atoms with Crippen LogP contribution < -0.4 is 20.1 Å². The summed E-state index contributed by atoms with van der Waals surface area (Å²) in [6.07, 6.45) is 0.680. The highest BCUT2D eigenvalue weighted by atomic mass is 16.5. The van der Waals surface area contributed by atoms with E-state index in [4.69, 9.17) is 9.47 Å². The molecule has 0 aliphatic carbocycles. The van der Waals surface area contributed by atoms with Gasteiger partial charge in [0.25, 0.3) is 0 Å². The number of hydrogen-bond donors (Lipinski definition) is 2. The standard InChI is InChI=1S/C22H22N2O3/c1-26-20-13-7-5-9-17(20)15-16-23-22(25)24-19-12-6-8-14-21(19)27-18-10-3-2-4-11-18/h2-14H,15-16H2,1H3,(H2,23,24,25). The van der Waals surface area contributed by atoms with Gasteiger partial charge in [-0.15, -0.1) is 0 Å². The summed E-state index contributed by atoms with van der Waals surface area (Å²) in [4.78, 5) is 12.3. The number of carbonyl (C=O) groups excluding carboxylic acids is 1. The molecule has 0 unspecified atom stereocenters. The van der Waals surface area contributed by atoms with Crippen LogP contribution in [-0.2, 0) is 6.42 Å². The topological polar surface area (TPSA) is 59.6 Å². The molecule has 3 rings (SSSR count). The molecule has 0 radical (unpaired) electrons. The van der Waals surface area contributed by atoms with Crippen molar-refractivity contribution in [1.82, 2.24) is 5.32 Å². The van der Waals surface area contributed by atoms with E-state index < -0.39 is 0 Å². The zero-order chi connectivity index (χ0) is 18.9. The van der Waals surface area contributed by atoms with E-state index in [2.05, 4.69) is 10.6 Å². The monoisotopic (exact) mass is 362 g/mol. The largest absolute Gasteiger partial charge is 0.496 e. The predicted molar refractivity (Wildman–Crippen MR) is 107 cm³/mol. The lowest BCUT2D eigenvalue weighted by Crippen LogP contribution is -2.30. The summed E-state index contributed by atoms with van der Waals surface area (Å²) < 4.78 is 11.2. The van der Waals surface area contributed by atoms with Crippen molar-refractivity contribution in [3.63, 3.8) is 0 Å². The Morgan fingerprint density at radius 1 is 0.852 bits per heavy atom. The van der Waals surface area contributed by atoms with Gasteiger partial charge in [-0.2, -0.15) is 0 Å². The minimum absolute atomic E-state index is 0.283. The van der Waals surface area contributed by atoms with Gasteiger partial charge in [-0.1, -0.05) is 48.5 Å². The molecule has 0 aliphatic rings. The zero-order valence-electron chi connectivity index (χ0n) is 15.1. The van der Waals surface area contributed by atoms with Gasteiger partial charge in [-0.05, 0) is 42.3 Å². The molecule has 0 atom stereocenters. The number of anilines is 1. The third-order valence-electron chi connectivity index (χ3n) is 3.98. The number of amides is 2. The van der Waals surface area contributed by atoms with Crippen molar-refractivity contribution in [3.8, 4) is 17.2 Å². The van der Waals surface area contributed by atoms with Crippen LogP contribution in [0.4, 0.5) is 10.5 Å². The quantitative estimate of drug-likeness (QED) is 0.631. The van der Waals surface area contributed by atoms with E-state index in [1.54, 1.807) is 13.2 Å². The molecule has 0 saturated heterocycles. The highest BCUT2D eigenvalue weighted by Gasteiger charge is 2.08. The van der Waals surface area contributed by atoms with E-state index in [0.717, 1.165) is 11.3 Å². The maximum Gasteiger partial charge on any atom is 0.319 e. The smallest absolute Gasteiger partial charge is 0.319 e. The van der Waals surface area contributed by atoms with Crippen molar-refractivity contribution in [3.05, 3.63) is 84.4 Å². The van der Waals surface area contributed by atoms with Crippen LogP contribution >= 0.6 is 0 Å². The second-order valence-corrected chi connectivity index (χ2v) is 5.85. The molecule has 0 bridgehead atoms. The zero-order valence-corrected chi connectivity index (χ0v) is 15.1. The van der Waals surface area contributed by atoms with Gasteiger partial charge in [-0.25, -0.2) is 4.79 Å². The van der Waals surface area contributed by atoms with Crippen molar-refractivity contribution in [2.24, 2.45) is 0 Å². The fourth-order valence-corrected chi connectivity index (χ4v) is 2.66. The first-order valence-corrected chi connectivity index (χ1v) is 8.75. The maximum absolute atomic E-state index is 12.3. The van der Waals surface area contributed by atoms with Crippen molar-refractivity contribution in [2.45, 2.75) is 6.42 Å². The molecule has 0 aromatic heterocycles. The fraction of sp³-hybridized carbons (Fsp3) is 0.136. The number of rotatable bonds is 7. The summed E-state index contributed by atoms with van der Waals surface area (Å²) in [6, 6.07) is 24.3. The van der Waals surface area contributed by atoms with Crippen LogP contribution in [0.5, 0.6) is 17.2 Å². The van der Waals surface area contributed by atoms with Crippen LogP contribution in [0.3, 0.4) is 0 Å². The summed E-state index contributed by atoms with van der Waals surface area (Å²) in [5.41, 5.74) is 1.66. The van der Waals surface area contributed by atoms with Crippen molar-refractivity contribution in [2.75, 3.05) is 19.0 Å². The minimum atomic E-state index is -0.283. The number of carbonyl (C=O) groups is 1. The lowest BCUT2D eigenvalue weighted by Gasteiger charge is -2.13. The number of hydrogen-bond acceptors (Lipinski definition) is 3. The number of methoxy groups -OCH3 is 1. The van der Waals surface area contributed by atoms with Gasteiger partial charge in [0.05, 0.1) is 12.8 Å². The van der Waals surface area contributed by atoms with Gasteiger partial charge in [-0.3, -0.25) is 0 Å². The second-order valence-electron chi connectivity index (χ2n) is 5.85. The normalized spacial score (nSPS) is 10.1. The summed E-state index contributed by atoms with van der Waals surface area (Å²) in [5, 5.41) is 5.70. The fourth-order valence-electron chi connectivity index (χ4n) is 2.66. The molecule has 3 aromatic carbocycles. The van der Waals surface area contributed by atoms with Crippen LogP contribution in [0.1, 0.15) is 5.56 Å². The number of para-hydroxylation sites is 4. The van der Waals surface area contributed by atoms with Gasteiger partial charge in [0.15, 0.2) is 5.75 Å². The summed E-state index contributed by atoms with van der Waals surface area (Å²) >= 11 is 0. The van der Waals surface area contributed by atoms with E-state index in [1.807, 2.05) is 72.8 Å². The molecular formula is C22H22N2O3. The molecular weight excluding hydrogens is 340 g/mol. The van der Waals surface area contributed by atoms with Gasteiger partial charge in [0.2, 0.25) is 0 Å². The highest BCUT2D eigenvalue weighted by molar-refractivity contribution is 5.90. The average molecular weight is 362 g/mol. The Balaban J connectivity index is 1.56. The number of ether oxygens (including phenoxy) is 2. The lowest BCUT2D eigenvalue weighted by molar-refractivity contribution is 0.252. The molecule has 2 N–H and O–H groups in total. The van der Waals surface area contributed by atoms with Crippen molar-refractivity contribution >= 4 is 11.7 Å². The molecule has 5 nitrogen and oxygen atoms in total. The molecule has 0 spiro atoms. The Labute approximate surface area is 158 Å². The van der Waals surface area contributed by atoms with Gasteiger partial charge in [0.1, 0.15) is 11.5 Å². The molecule has 138 valence electrons. The third kappa shape index (κ3) is 5.25. The maximum atomic E-state index is 12.3. The molecule has 5 heteroatoms. The molecule has 0 heterocycles. The van der Waals surface area contributed by atoms with E-state index in [0.29, 0.717) is 30.2 Å². The predicted octanol–water partition coefficient (Wildman–Crippen LogP) is 4.85. The Hall–Kier alpha value is -3.47. The van der Waals surface area contributed by atoms with Crippen LogP contribution in [-0.4, -0.2) is 19.7 Å². The van der Waals surface area contributed by atoms with E-state index in [9.17, 15) is 4.79 Å². The van der Waals surface area contributed by atoms with Gasteiger partial charge >= 0.3 is 6.03 Å². The number of nitrogens with one attached hydrogen (secondary N) is 2. The summed E-state index contributed by atoms with van der Waals surface area (Å²) in [5.74, 6) is 2.12. The Kier molecular flexibility index (Phi) is 6.30. The first-order valence-electron chi connectivity index (χ1n) is 8.75. The van der Waals surface area contributed by atoms with E-state index in [1.165, 1.54) is 0 Å². The highest BCUT2D eigenvalue weighted by Crippen LogP contribution is 2.29. The lowest BCUT2D eigenvalue weighted by atomic mass is 10.1. The third-order valence-corrected chi connectivity index (χ3v) is 3.98. The van der Waals surface area contributed by atoms with Gasteiger partial charge in [0, 0.05) is 6.54 Å². The minimum Gasteiger partial charge on any atom is -0.496 e. The SMILES string of the molecule is COc1ccccc1CCNC(=O)Nc1ccccc1Oc1ccccc1. The van der Waals surface area contributed by atoms with Crippen LogP contribution in [0, 0.1) is 0 Å². The second kappa shape index (κ2) is 9.29. The summed E-state index contributed by atoms with van der Waals surface area (Å²) in [6.45, 7) is 0.494. The molecule has 27 heavy (non-hydrogen) atoms. The molecule has 0 fully saturated rings. The average Bonchev–Trinajstić information content (AvgIpc) is 2.70. The summed E-state index contributed by atoms with van der Waals surface area (Å²) in [7, 11) is 1.64. The number of urea groups is 1. The number of benzene rings is 3.